The molecule has 12 heteroatoms. The second kappa shape index (κ2) is 16.3. The third-order valence-electron chi connectivity index (χ3n) is 9.37. The summed E-state index contributed by atoms with van der Waals surface area (Å²) < 4.78 is 0. The van der Waals surface area contributed by atoms with E-state index < -0.39 is 65.3 Å². The monoisotopic (exact) mass is 671 g/mol. The number of rotatable bonds is 15. The van der Waals surface area contributed by atoms with Crippen LogP contribution in [0.5, 0.6) is 5.75 Å². The number of hydrogen-bond donors (Lipinski definition) is 6. The minimum Gasteiger partial charge on any atom is -0.507 e. The van der Waals surface area contributed by atoms with Crippen molar-refractivity contribution in [1.82, 2.24) is 20.9 Å². The van der Waals surface area contributed by atoms with Crippen molar-refractivity contribution in [3.05, 3.63) is 71.4 Å². The molecule has 0 unspecified atom stereocenters. The Morgan fingerprint density at radius 2 is 1.53 bits per heavy atom. The van der Waals surface area contributed by atoms with E-state index in [9.17, 15) is 33.9 Å². The van der Waals surface area contributed by atoms with Gasteiger partial charge in [0.05, 0.1) is 24.2 Å². The number of phenolic OH excluding ortho intramolecular Hbond substituents is 1. The molecule has 5 atom stereocenters. The average Bonchev–Trinajstić information content (AvgIpc) is 3.51. The van der Waals surface area contributed by atoms with Crippen LogP contribution in [0.25, 0.3) is 16.5 Å². The zero-order valence-corrected chi connectivity index (χ0v) is 28.3. The highest BCUT2D eigenvalue weighted by atomic mass is 16.3. The van der Waals surface area contributed by atoms with E-state index in [4.69, 9.17) is 5.73 Å². The SMILES string of the molecule is CC[C@H](C)[C@H](N)C(=O)N[C@H](C(=O)N[C@@H](Cc1c[nH]c2ccccc12)C(=O)CNC(=O)C1=C(c2ccccc2O)C(=O)CCC1=O)[C@@H](C)CC. The number of ketones is 3. The standard InChI is InChI=1S/C37H45N5O7/c1-5-20(3)33(38)36(48)42-34(21(4)6-2)37(49)41-26(17-22-18-39-25-13-9-7-11-23(22)25)30(46)19-40-35(47)32-29(45)16-15-28(44)31(32)24-12-8-10-14-27(24)43/h7-14,18,20-21,26,33-34,39,43H,5-6,15-17,19,38H2,1-4H3,(H,40,47)(H,41,49)(H,42,48)/t20-,21-,26-,33-,34-/m0/s1. The van der Waals surface area contributed by atoms with E-state index in [1.54, 1.807) is 18.3 Å². The predicted molar refractivity (Wildman–Crippen MR) is 185 cm³/mol. The number of allylic oxidation sites excluding steroid dienone is 1. The largest absolute Gasteiger partial charge is 0.507 e. The van der Waals surface area contributed by atoms with Crippen LogP contribution in [-0.4, -0.2) is 69.8 Å². The van der Waals surface area contributed by atoms with E-state index >= 15 is 0 Å². The van der Waals surface area contributed by atoms with Gasteiger partial charge in [0.1, 0.15) is 11.8 Å². The lowest BCUT2D eigenvalue weighted by Gasteiger charge is -2.28. The molecule has 1 aliphatic carbocycles. The molecule has 49 heavy (non-hydrogen) atoms. The topological polar surface area (TPSA) is 201 Å². The van der Waals surface area contributed by atoms with E-state index in [0.29, 0.717) is 12.8 Å². The molecule has 4 rings (SSSR count). The Kier molecular flexibility index (Phi) is 12.2. The summed E-state index contributed by atoms with van der Waals surface area (Å²) in [6.45, 7) is 6.89. The van der Waals surface area contributed by atoms with Crippen molar-refractivity contribution in [1.29, 1.82) is 0 Å². The molecule has 1 aliphatic rings. The van der Waals surface area contributed by atoms with E-state index in [1.807, 2.05) is 52.0 Å². The normalized spacial score (nSPS) is 16.4. The van der Waals surface area contributed by atoms with Crippen molar-refractivity contribution in [3.63, 3.8) is 0 Å². The molecule has 0 fully saturated rings. The molecule has 0 saturated heterocycles. The average molecular weight is 672 g/mol. The first-order chi connectivity index (χ1) is 23.4. The summed E-state index contributed by atoms with van der Waals surface area (Å²) in [5.41, 5.74) is 7.13. The van der Waals surface area contributed by atoms with E-state index in [2.05, 4.69) is 20.9 Å². The van der Waals surface area contributed by atoms with E-state index in [1.165, 1.54) is 12.1 Å². The Morgan fingerprint density at radius 1 is 0.878 bits per heavy atom. The quantitative estimate of drug-likeness (QED) is 0.132. The van der Waals surface area contributed by atoms with Gasteiger partial charge in [-0.1, -0.05) is 76.9 Å². The van der Waals surface area contributed by atoms with Crippen LogP contribution in [0.2, 0.25) is 0 Å². The van der Waals surface area contributed by atoms with Crippen molar-refractivity contribution in [2.75, 3.05) is 6.54 Å². The second-order valence-electron chi connectivity index (χ2n) is 12.7. The Bertz CT molecular complexity index is 1780. The number of nitrogens with two attached hydrogens (primary N) is 1. The third-order valence-corrected chi connectivity index (χ3v) is 9.37. The smallest absolute Gasteiger partial charge is 0.256 e. The molecule has 1 heterocycles. The number of carbonyl (C=O) groups excluding carboxylic acids is 6. The Hall–Kier alpha value is -5.10. The summed E-state index contributed by atoms with van der Waals surface area (Å²) in [5.74, 6) is -4.32. The van der Waals surface area contributed by atoms with Gasteiger partial charge in [0, 0.05) is 47.5 Å². The lowest BCUT2D eigenvalue weighted by Crippen LogP contribution is -2.58. The fourth-order valence-electron chi connectivity index (χ4n) is 5.84. The summed E-state index contributed by atoms with van der Waals surface area (Å²) in [6, 6.07) is 10.4. The van der Waals surface area contributed by atoms with Crippen LogP contribution in [-0.2, 0) is 35.2 Å². The highest BCUT2D eigenvalue weighted by Gasteiger charge is 2.35. The molecular formula is C37H45N5O7. The maximum Gasteiger partial charge on any atom is 0.256 e. The summed E-state index contributed by atoms with van der Waals surface area (Å²) >= 11 is 0. The summed E-state index contributed by atoms with van der Waals surface area (Å²) in [7, 11) is 0. The van der Waals surface area contributed by atoms with Crippen LogP contribution in [0, 0.1) is 11.8 Å². The van der Waals surface area contributed by atoms with Gasteiger partial charge in [-0.3, -0.25) is 28.8 Å². The molecule has 0 spiro atoms. The molecule has 2 aromatic carbocycles. The van der Waals surface area contributed by atoms with Gasteiger partial charge in [-0.25, -0.2) is 0 Å². The molecule has 7 N–H and O–H groups in total. The number of carbonyl (C=O) groups is 6. The maximum atomic E-state index is 13.8. The molecular weight excluding hydrogens is 626 g/mol. The second-order valence-corrected chi connectivity index (χ2v) is 12.7. The molecule has 0 bridgehead atoms. The van der Waals surface area contributed by atoms with Gasteiger partial charge in [-0.05, 0) is 29.5 Å². The zero-order valence-electron chi connectivity index (χ0n) is 28.3. The summed E-state index contributed by atoms with van der Waals surface area (Å²) in [4.78, 5) is 83.2. The third kappa shape index (κ3) is 8.50. The molecule has 1 aromatic heterocycles. The number of hydrogen-bond acceptors (Lipinski definition) is 8. The van der Waals surface area contributed by atoms with Gasteiger partial charge in [-0.15, -0.1) is 0 Å². The van der Waals surface area contributed by atoms with Gasteiger partial charge in [-0.2, -0.15) is 0 Å². The van der Waals surface area contributed by atoms with Crippen molar-refractivity contribution in [2.24, 2.45) is 17.6 Å². The summed E-state index contributed by atoms with van der Waals surface area (Å²) in [6.07, 6.45) is 2.72. The number of fused-ring (bicyclic) bond motifs is 1. The van der Waals surface area contributed by atoms with Crippen molar-refractivity contribution >= 4 is 51.5 Å². The van der Waals surface area contributed by atoms with Crippen LogP contribution in [0.1, 0.15) is 64.5 Å². The van der Waals surface area contributed by atoms with Gasteiger partial charge in [0.15, 0.2) is 17.3 Å². The number of benzene rings is 2. The van der Waals surface area contributed by atoms with Crippen LogP contribution >= 0.6 is 0 Å². The lowest BCUT2D eigenvalue weighted by atomic mass is 9.84. The number of aromatic hydroxyl groups is 1. The molecule has 0 saturated carbocycles. The first-order valence-electron chi connectivity index (χ1n) is 16.7. The van der Waals surface area contributed by atoms with Crippen LogP contribution in [0.15, 0.2) is 60.3 Å². The zero-order chi connectivity index (χ0) is 35.8. The van der Waals surface area contributed by atoms with Gasteiger partial charge < -0.3 is 31.8 Å². The molecule has 0 aliphatic heterocycles. The highest BCUT2D eigenvalue weighted by Crippen LogP contribution is 2.33. The molecule has 0 radical (unpaired) electrons. The van der Waals surface area contributed by atoms with E-state index in [0.717, 1.165) is 16.5 Å². The highest BCUT2D eigenvalue weighted by molar-refractivity contribution is 6.39. The Balaban J connectivity index is 1.61. The number of nitrogens with one attached hydrogen (secondary N) is 4. The fourth-order valence-corrected chi connectivity index (χ4v) is 5.84. The number of phenols is 1. The lowest BCUT2D eigenvalue weighted by molar-refractivity contribution is -0.133. The minimum atomic E-state index is -1.14. The van der Waals surface area contributed by atoms with Crippen LogP contribution < -0.4 is 21.7 Å². The number of amides is 3. The molecule has 260 valence electrons. The number of Topliss-reactive ketones (excluding diaryl/α,β-unsaturated/α-hetero) is 3. The van der Waals surface area contributed by atoms with Gasteiger partial charge >= 0.3 is 0 Å². The Morgan fingerprint density at radius 3 is 2.22 bits per heavy atom. The molecule has 3 amide bonds. The molecule has 3 aromatic rings. The first kappa shape index (κ1) is 36.7. The van der Waals surface area contributed by atoms with Gasteiger partial charge in [0.25, 0.3) is 5.91 Å². The van der Waals surface area contributed by atoms with Gasteiger partial charge in [0.2, 0.25) is 11.8 Å². The predicted octanol–water partition coefficient (Wildman–Crippen LogP) is 2.88. The Labute approximate surface area is 285 Å². The van der Waals surface area contributed by atoms with Crippen molar-refractivity contribution in [2.45, 2.75) is 77.9 Å². The van der Waals surface area contributed by atoms with Crippen molar-refractivity contribution < 1.29 is 33.9 Å². The fraction of sp³-hybridized carbons (Fsp3) is 0.405. The van der Waals surface area contributed by atoms with E-state index in [-0.39, 0.29) is 48.0 Å². The number of para-hydroxylation sites is 2. The maximum absolute atomic E-state index is 13.8. The summed E-state index contributed by atoms with van der Waals surface area (Å²) in [5, 5.41) is 19.3. The first-order valence-corrected chi connectivity index (χ1v) is 16.7. The van der Waals surface area contributed by atoms with Crippen LogP contribution in [0.4, 0.5) is 0 Å². The number of H-pyrrole nitrogens is 1. The number of aromatic nitrogens is 1. The number of aromatic amines is 1. The van der Waals surface area contributed by atoms with Crippen LogP contribution in [0.3, 0.4) is 0 Å². The van der Waals surface area contributed by atoms with Crippen molar-refractivity contribution in [3.8, 4) is 5.75 Å². The minimum absolute atomic E-state index is 0.0488. The molecule has 12 nitrogen and oxygen atoms in total.